The summed E-state index contributed by atoms with van der Waals surface area (Å²) in [6.07, 6.45) is 3.86. The van der Waals surface area contributed by atoms with Gasteiger partial charge in [0.15, 0.2) is 5.90 Å². The van der Waals surface area contributed by atoms with E-state index in [2.05, 4.69) is 18.2 Å². The first-order valence-electron chi connectivity index (χ1n) is 7.05. The molecule has 0 fully saturated rings. The lowest BCUT2D eigenvalue weighted by Gasteiger charge is -2.18. The first-order chi connectivity index (χ1) is 11.1. The van der Waals surface area contributed by atoms with E-state index in [0.717, 1.165) is 11.1 Å². The first kappa shape index (κ1) is 17.5. The van der Waals surface area contributed by atoms with Gasteiger partial charge in [-0.2, -0.15) is 0 Å². The van der Waals surface area contributed by atoms with Crippen LogP contribution < -0.4 is 4.52 Å². The van der Waals surface area contributed by atoms with E-state index in [1.54, 1.807) is 18.2 Å². The molecule has 1 aromatic rings. The summed E-state index contributed by atoms with van der Waals surface area (Å²) in [5.74, 6) is 1.04. The van der Waals surface area contributed by atoms with E-state index in [-0.39, 0.29) is 0 Å². The molecule has 0 saturated carbocycles. The number of phosphoric ester groups is 1. The van der Waals surface area contributed by atoms with Crippen LogP contribution in [0.4, 0.5) is 0 Å². The fraction of sp³-hybridized carbons (Fsp3) is 0.312. The second kappa shape index (κ2) is 7.59. The van der Waals surface area contributed by atoms with Crippen LogP contribution in [0.2, 0.25) is 0 Å². The average molecular weight is 337 g/mol. The Kier molecular flexibility index (Phi) is 5.77. The Labute approximate surface area is 136 Å². The minimum absolute atomic E-state index is 0.347. The molecule has 6 nitrogen and oxygen atoms in total. The number of ether oxygens (including phenoxy) is 1. The highest BCUT2D eigenvalue weighted by atomic mass is 31.2. The Morgan fingerprint density at radius 1 is 1.26 bits per heavy atom. The van der Waals surface area contributed by atoms with Crippen molar-refractivity contribution in [2.24, 2.45) is 4.99 Å². The molecule has 0 atom stereocenters. The van der Waals surface area contributed by atoms with E-state index in [9.17, 15) is 4.57 Å². The topological polar surface area (TPSA) is 66.4 Å². The van der Waals surface area contributed by atoms with Crippen molar-refractivity contribution in [1.82, 2.24) is 0 Å². The van der Waals surface area contributed by atoms with Crippen LogP contribution in [0.5, 0.6) is 5.75 Å². The molecule has 1 aromatic carbocycles. The zero-order valence-electron chi connectivity index (χ0n) is 13.3. The molecule has 0 spiro atoms. The number of benzene rings is 1. The quantitative estimate of drug-likeness (QED) is 0.676. The molecule has 23 heavy (non-hydrogen) atoms. The van der Waals surface area contributed by atoms with Gasteiger partial charge in [-0.3, -0.25) is 14.0 Å². The van der Waals surface area contributed by atoms with Gasteiger partial charge in [-0.1, -0.05) is 31.4 Å². The van der Waals surface area contributed by atoms with Crippen LogP contribution in [0.1, 0.15) is 16.7 Å². The molecule has 1 aliphatic rings. The third kappa shape index (κ3) is 3.91. The SMILES string of the molecule is C=Cc1c(CC2=NCCO2)ccc(OP(=O)(OC)OC)c1C=C. The van der Waals surface area contributed by atoms with Gasteiger partial charge in [0.1, 0.15) is 12.4 Å². The number of aliphatic imine (C=N–C) groups is 1. The van der Waals surface area contributed by atoms with Crippen LogP contribution >= 0.6 is 7.82 Å². The Morgan fingerprint density at radius 3 is 2.48 bits per heavy atom. The van der Waals surface area contributed by atoms with E-state index in [1.165, 1.54) is 14.2 Å². The van der Waals surface area contributed by atoms with Crippen LogP contribution in [0.3, 0.4) is 0 Å². The summed E-state index contributed by atoms with van der Waals surface area (Å²) in [6.45, 7) is 8.92. The molecule has 0 aliphatic carbocycles. The number of hydrogen-bond donors (Lipinski definition) is 0. The van der Waals surface area contributed by atoms with Crippen LogP contribution in [0.15, 0.2) is 30.3 Å². The van der Waals surface area contributed by atoms with Crippen molar-refractivity contribution in [3.05, 3.63) is 42.0 Å². The first-order valence-corrected chi connectivity index (χ1v) is 8.51. The molecule has 0 saturated heterocycles. The number of phosphoric acid groups is 1. The molecular weight excluding hydrogens is 317 g/mol. The fourth-order valence-electron chi connectivity index (χ4n) is 2.27. The zero-order valence-corrected chi connectivity index (χ0v) is 14.2. The standard InChI is InChI=1S/C16H20NO5P/c1-5-13-12(11-16-17-9-10-21-16)7-8-15(14(13)6-2)22-23(18,19-3)20-4/h5-8H,1-2,9-11H2,3-4H3. The summed E-state index contributed by atoms with van der Waals surface area (Å²) in [5, 5.41) is 0. The number of nitrogens with zero attached hydrogens (tertiary/aromatic N) is 1. The molecule has 7 heteroatoms. The van der Waals surface area contributed by atoms with Crippen molar-refractivity contribution in [2.75, 3.05) is 27.4 Å². The molecule has 0 aromatic heterocycles. The van der Waals surface area contributed by atoms with Gasteiger partial charge in [-0.05, 0) is 17.2 Å². The van der Waals surface area contributed by atoms with Crippen molar-refractivity contribution in [1.29, 1.82) is 0 Å². The van der Waals surface area contributed by atoms with E-state index < -0.39 is 7.82 Å². The van der Waals surface area contributed by atoms with Gasteiger partial charge in [0, 0.05) is 26.2 Å². The Bertz CT molecular complexity index is 675. The van der Waals surface area contributed by atoms with Gasteiger partial charge < -0.3 is 9.26 Å². The minimum Gasteiger partial charge on any atom is -0.479 e. The lowest BCUT2D eigenvalue weighted by atomic mass is 9.97. The lowest BCUT2D eigenvalue weighted by Crippen LogP contribution is -2.06. The summed E-state index contributed by atoms with van der Waals surface area (Å²) >= 11 is 0. The summed E-state index contributed by atoms with van der Waals surface area (Å²) in [4.78, 5) is 4.29. The van der Waals surface area contributed by atoms with Gasteiger partial charge in [-0.25, -0.2) is 4.57 Å². The Balaban J connectivity index is 2.40. The summed E-state index contributed by atoms with van der Waals surface area (Å²) in [6, 6.07) is 3.54. The highest BCUT2D eigenvalue weighted by molar-refractivity contribution is 7.48. The monoisotopic (exact) mass is 337 g/mol. The van der Waals surface area contributed by atoms with Crippen molar-refractivity contribution < 1.29 is 22.9 Å². The molecule has 0 N–H and O–H groups in total. The molecule has 0 radical (unpaired) electrons. The van der Waals surface area contributed by atoms with Crippen molar-refractivity contribution in [3.8, 4) is 5.75 Å². The van der Waals surface area contributed by atoms with Gasteiger partial charge in [0.2, 0.25) is 0 Å². The number of hydrogen-bond acceptors (Lipinski definition) is 6. The van der Waals surface area contributed by atoms with E-state index in [4.69, 9.17) is 18.3 Å². The third-order valence-electron chi connectivity index (χ3n) is 3.39. The molecule has 124 valence electrons. The van der Waals surface area contributed by atoms with Crippen LogP contribution in [0.25, 0.3) is 12.2 Å². The Hall–Kier alpha value is -1.88. The molecule has 0 bridgehead atoms. The minimum atomic E-state index is -3.65. The maximum absolute atomic E-state index is 12.2. The van der Waals surface area contributed by atoms with Crippen molar-refractivity contribution in [2.45, 2.75) is 6.42 Å². The fourth-order valence-corrected chi connectivity index (χ4v) is 2.96. The van der Waals surface area contributed by atoms with Gasteiger partial charge in [-0.15, -0.1) is 0 Å². The molecular formula is C16H20NO5P. The highest BCUT2D eigenvalue weighted by Crippen LogP contribution is 2.49. The summed E-state index contributed by atoms with van der Waals surface area (Å²) < 4.78 is 32.7. The second-order valence-corrected chi connectivity index (χ2v) is 6.47. The molecule has 0 unspecified atom stereocenters. The molecule has 1 aliphatic heterocycles. The van der Waals surface area contributed by atoms with Gasteiger partial charge >= 0.3 is 7.82 Å². The Morgan fingerprint density at radius 2 is 1.96 bits per heavy atom. The summed E-state index contributed by atoms with van der Waals surface area (Å²) in [7, 11) is -1.13. The van der Waals surface area contributed by atoms with Crippen LogP contribution in [-0.2, 0) is 24.8 Å². The smallest absolute Gasteiger partial charge is 0.479 e. The third-order valence-corrected chi connectivity index (χ3v) is 4.71. The average Bonchev–Trinajstić information content (AvgIpc) is 3.08. The normalized spacial score (nSPS) is 14.1. The van der Waals surface area contributed by atoms with Crippen molar-refractivity contribution in [3.63, 3.8) is 0 Å². The lowest BCUT2D eigenvalue weighted by molar-refractivity contribution is 0.211. The zero-order chi connectivity index (χ0) is 16.9. The molecule has 2 rings (SSSR count). The maximum Gasteiger partial charge on any atom is 0.529 e. The highest BCUT2D eigenvalue weighted by Gasteiger charge is 2.26. The maximum atomic E-state index is 12.2. The number of rotatable bonds is 8. The van der Waals surface area contributed by atoms with E-state index in [1.807, 2.05) is 6.07 Å². The predicted molar refractivity (Wildman–Crippen MR) is 90.8 cm³/mol. The predicted octanol–water partition coefficient (Wildman–Crippen LogP) is 3.72. The van der Waals surface area contributed by atoms with Gasteiger partial charge in [0.25, 0.3) is 0 Å². The van der Waals surface area contributed by atoms with E-state index in [0.29, 0.717) is 36.8 Å². The summed E-state index contributed by atoms with van der Waals surface area (Å²) in [5.41, 5.74) is 2.44. The molecule has 1 heterocycles. The molecule has 0 amide bonds. The van der Waals surface area contributed by atoms with Crippen LogP contribution in [-0.4, -0.2) is 33.3 Å². The van der Waals surface area contributed by atoms with Crippen LogP contribution in [0, 0.1) is 0 Å². The van der Waals surface area contributed by atoms with Gasteiger partial charge in [0.05, 0.1) is 6.54 Å². The largest absolute Gasteiger partial charge is 0.529 e. The van der Waals surface area contributed by atoms with Crippen molar-refractivity contribution >= 4 is 25.9 Å². The second-order valence-electron chi connectivity index (χ2n) is 4.66. The van der Waals surface area contributed by atoms with E-state index >= 15 is 0 Å².